The number of hydrogen-bond acceptors (Lipinski definition) is 3. The predicted molar refractivity (Wildman–Crippen MR) is 43.7 cm³/mol. The van der Waals surface area contributed by atoms with Crippen LogP contribution in [0.2, 0.25) is 0 Å². The van der Waals surface area contributed by atoms with E-state index in [1.54, 1.807) is 0 Å². The van der Waals surface area contributed by atoms with Crippen molar-refractivity contribution in [3.63, 3.8) is 0 Å². The molecule has 0 aliphatic heterocycles. The molecule has 0 saturated heterocycles. The predicted octanol–water partition coefficient (Wildman–Crippen LogP) is 0.231. The van der Waals surface area contributed by atoms with Crippen molar-refractivity contribution in [1.29, 1.82) is 0 Å². The van der Waals surface area contributed by atoms with Gasteiger partial charge in [-0.15, -0.1) is 0 Å². The molecule has 0 saturated carbocycles. The summed E-state index contributed by atoms with van der Waals surface area (Å²) in [5.74, 6) is -1.16. The minimum atomic E-state index is -1.42. The van der Waals surface area contributed by atoms with Gasteiger partial charge in [0.25, 0.3) is 0 Å². The molecule has 0 heterocycles. The number of carbonyl (C=O) groups is 1. The van der Waals surface area contributed by atoms with Crippen LogP contribution in [-0.4, -0.2) is 34.0 Å². The summed E-state index contributed by atoms with van der Waals surface area (Å²) in [6.07, 6.45) is 0.109. The van der Waals surface area contributed by atoms with Crippen molar-refractivity contribution in [2.75, 3.05) is 6.61 Å². The molecule has 0 aromatic carbocycles. The number of carboxylic acids is 1. The number of aliphatic carboxylic acids is 1. The van der Waals surface area contributed by atoms with Crippen LogP contribution in [-0.2, 0) is 4.79 Å². The van der Waals surface area contributed by atoms with Gasteiger partial charge in [-0.25, -0.2) is 0 Å². The van der Waals surface area contributed by atoms with Crippen LogP contribution in [0.3, 0.4) is 0 Å². The summed E-state index contributed by atoms with van der Waals surface area (Å²) in [4.78, 5) is 10.6. The van der Waals surface area contributed by atoms with E-state index in [0.717, 1.165) is 0 Å². The van der Waals surface area contributed by atoms with Gasteiger partial charge in [-0.2, -0.15) is 0 Å². The average Bonchev–Trinajstić information content (AvgIpc) is 2.03. The summed E-state index contributed by atoms with van der Waals surface area (Å²) >= 11 is 0. The zero-order chi connectivity index (χ0) is 9.78. The highest BCUT2D eigenvalue weighted by Gasteiger charge is 2.39. The highest BCUT2D eigenvalue weighted by molar-refractivity contribution is 5.75. The van der Waals surface area contributed by atoms with Gasteiger partial charge in [0, 0.05) is 0 Å². The van der Waals surface area contributed by atoms with Gasteiger partial charge < -0.3 is 15.3 Å². The second-order valence-corrected chi connectivity index (χ2v) is 3.19. The van der Waals surface area contributed by atoms with Crippen molar-refractivity contribution in [2.45, 2.75) is 32.8 Å². The van der Waals surface area contributed by atoms with E-state index in [2.05, 4.69) is 0 Å². The standard InChI is InChI=1S/C8H16O4/c1-3-4-6(10)8(2,5-9)7(11)12/h6,9-10H,3-5H2,1-2H3,(H,11,12). The third kappa shape index (κ3) is 2.19. The van der Waals surface area contributed by atoms with Gasteiger partial charge in [-0.3, -0.25) is 4.79 Å². The Morgan fingerprint density at radius 3 is 2.33 bits per heavy atom. The molecule has 72 valence electrons. The van der Waals surface area contributed by atoms with Gasteiger partial charge in [0.05, 0.1) is 12.7 Å². The maximum Gasteiger partial charge on any atom is 0.314 e. The minimum absolute atomic E-state index is 0.392. The fourth-order valence-electron chi connectivity index (χ4n) is 0.908. The van der Waals surface area contributed by atoms with E-state index in [1.807, 2.05) is 6.92 Å². The van der Waals surface area contributed by atoms with Crippen LogP contribution in [0.25, 0.3) is 0 Å². The number of carboxylic acid groups (broad SMARTS) is 1. The van der Waals surface area contributed by atoms with Crippen LogP contribution in [0.5, 0.6) is 0 Å². The second-order valence-electron chi connectivity index (χ2n) is 3.19. The monoisotopic (exact) mass is 176 g/mol. The molecule has 4 nitrogen and oxygen atoms in total. The van der Waals surface area contributed by atoms with Crippen LogP contribution in [0.1, 0.15) is 26.7 Å². The molecule has 0 aliphatic carbocycles. The van der Waals surface area contributed by atoms with E-state index in [4.69, 9.17) is 10.2 Å². The fraction of sp³-hybridized carbons (Fsp3) is 0.875. The van der Waals surface area contributed by atoms with Gasteiger partial charge in [-0.1, -0.05) is 13.3 Å². The first-order valence-electron chi connectivity index (χ1n) is 4.01. The van der Waals surface area contributed by atoms with Gasteiger partial charge in [-0.05, 0) is 13.3 Å². The Balaban J connectivity index is 4.39. The molecule has 0 aromatic heterocycles. The highest BCUT2D eigenvalue weighted by Crippen LogP contribution is 2.24. The molecular formula is C8H16O4. The first kappa shape index (κ1) is 11.4. The van der Waals surface area contributed by atoms with E-state index in [9.17, 15) is 9.90 Å². The minimum Gasteiger partial charge on any atom is -0.481 e. The molecule has 2 atom stereocenters. The molecule has 0 bridgehead atoms. The lowest BCUT2D eigenvalue weighted by atomic mass is 9.83. The Bertz CT molecular complexity index is 157. The lowest BCUT2D eigenvalue weighted by Gasteiger charge is -2.27. The van der Waals surface area contributed by atoms with Crippen molar-refractivity contribution in [2.24, 2.45) is 5.41 Å². The van der Waals surface area contributed by atoms with Gasteiger partial charge in [0.1, 0.15) is 5.41 Å². The number of rotatable bonds is 5. The lowest BCUT2D eigenvalue weighted by molar-refractivity contribution is -0.159. The third-order valence-electron chi connectivity index (χ3n) is 2.11. The fourth-order valence-corrected chi connectivity index (χ4v) is 0.908. The molecule has 0 spiro atoms. The van der Waals surface area contributed by atoms with Crippen LogP contribution >= 0.6 is 0 Å². The molecule has 0 radical (unpaired) electrons. The van der Waals surface area contributed by atoms with E-state index < -0.39 is 24.1 Å². The van der Waals surface area contributed by atoms with Gasteiger partial charge >= 0.3 is 5.97 Å². The summed E-state index contributed by atoms with van der Waals surface area (Å²) in [7, 11) is 0. The van der Waals surface area contributed by atoms with Crippen LogP contribution < -0.4 is 0 Å². The maximum absolute atomic E-state index is 10.6. The largest absolute Gasteiger partial charge is 0.481 e. The molecule has 4 heteroatoms. The summed E-state index contributed by atoms with van der Waals surface area (Å²) in [6, 6.07) is 0. The van der Waals surface area contributed by atoms with E-state index in [1.165, 1.54) is 6.92 Å². The Labute approximate surface area is 71.8 Å². The topological polar surface area (TPSA) is 77.8 Å². The van der Waals surface area contributed by atoms with Crippen molar-refractivity contribution in [3.8, 4) is 0 Å². The van der Waals surface area contributed by atoms with E-state index in [0.29, 0.717) is 12.8 Å². The summed E-state index contributed by atoms with van der Waals surface area (Å²) in [5.41, 5.74) is -1.42. The molecule has 0 amide bonds. The molecule has 0 rings (SSSR count). The number of aliphatic hydroxyl groups is 2. The molecule has 0 fully saturated rings. The Hall–Kier alpha value is -0.610. The summed E-state index contributed by atoms with van der Waals surface area (Å²) in [6.45, 7) is 2.65. The van der Waals surface area contributed by atoms with Gasteiger partial charge in [0.2, 0.25) is 0 Å². The van der Waals surface area contributed by atoms with Crippen molar-refractivity contribution >= 4 is 5.97 Å². The second kappa shape index (κ2) is 4.42. The van der Waals surface area contributed by atoms with Crippen LogP contribution in [0.15, 0.2) is 0 Å². The maximum atomic E-state index is 10.6. The molecule has 2 unspecified atom stereocenters. The van der Waals surface area contributed by atoms with Crippen molar-refractivity contribution < 1.29 is 20.1 Å². The first-order chi connectivity index (χ1) is 5.49. The Morgan fingerprint density at radius 2 is 2.08 bits per heavy atom. The first-order valence-corrected chi connectivity index (χ1v) is 4.01. The van der Waals surface area contributed by atoms with Crippen molar-refractivity contribution in [3.05, 3.63) is 0 Å². The SMILES string of the molecule is CCCC(O)C(C)(CO)C(=O)O. The Morgan fingerprint density at radius 1 is 1.58 bits per heavy atom. The van der Waals surface area contributed by atoms with E-state index in [-0.39, 0.29) is 0 Å². The average molecular weight is 176 g/mol. The third-order valence-corrected chi connectivity index (χ3v) is 2.11. The zero-order valence-electron chi connectivity index (χ0n) is 7.45. The quantitative estimate of drug-likeness (QED) is 0.560. The normalized spacial score (nSPS) is 18.3. The molecule has 12 heavy (non-hydrogen) atoms. The smallest absolute Gasteiger partial charge is 0.314 e. The van der Waals surface area contributed by atoms with E-state index >= 15 is 0 Å². The van der Waals surface area contributed by atoms with Crippen LogP contribution in [0, 0.1) is 5.41 Å². The highest BCUT2D eigenvalue weighted by atomic mass is 16.4. The van der Waals surface area contributed by atoms with Crippen LogP contribution in [0.4, 0.5) is 0 Å². The molecule has 3 N–H and O–H groups in total. The molecule has 0 aromatic rings. The Kier molecular flexibility index (Phi) is 4.20. The lowest BCUT2D eigenvalue weighted by Crippen LogP contribution is -2.42. The van der Waals surface area contributed by atoms with Gasteiger partial charge in [0.15, 0.2) is 0 Å². The summed E-state index contributed by atoms with van der Waals surface area (Å²) < 4.78 is 0. The number of hydrogen-bond donors (Lipinski definition) is 3. The molecular weight excluding hydrogens is 160 g/mol. The zero-order valence-corrected chi connectivity index (χ0v) is 7.45. The van der Waals surface area contributed by atoms with Crippen molar-refractivity contribution in [1.82, 2.24) is 0 Å². The molecule has 0 aliphatic rings. The number of aliphatic hydroxyl groups excluding tert-OH is 2. The summed E-state index contributed by atoms with van der Waals surface area (Å²) in [5, 5.41) is 26.9.